The van der Waals surface area contributed by atoms with Gasteiger partial charge in [0.15, 0.2) is 0 Å². The first-order chi connectivity index (χ1) is 7.86. The van der Waals surface area contributed by atoms with E-state index >= 15 is 0 Å². The molecule has 0 aliphatic heterocycles. The summed E-state index contributed by atoms with van der Waals surface area (Å²) in [5, 5.41) is -0.407. The summed E-state index contributed by atoms with van der Waals surface area (Å²) < 4.78 is 26.1. The lowest BCUT2D eigenvalue weighted by atomic mass is 10.1. The van der Waals surface area contributed by atoms with Crippen molar-refractivity contribution in [2.45, 2.75) is 37.0 Å². The molecule has 1 N–H and O–H groups in total. The fourth-order valence-corrected chi connectivity index (χ4v) is 2.65. The Bertz CT molecular complexity index is 452. The summed E-state index contributed by atoms with van der Waals surface area (Å²) in [6.45, 7) is 5.20. The van der Waals surface area contributed by atoms with Crippen molar-refractivity contribution < 1.29 is 8.42 Å². The monoisotopic (exact) mass is 273 g/mol. The number of hydrogen-bond acceptors (Lipinski definition) is 3. The molecule has 0 radical (unpaired) electrons. The highest BCUT2D eigenvalue weighted by atomic mass is 32.2. The zero-order valence-electron chi connectivity index (χ0n) is 10.6. The second-order valence-corrected chi connectivity index (χ2v) is 7.35. The molecule has 0 aliphatic rings. The molecule has 5 heteroatoms. The molecule has 1 atom stereocenters. The van der Waals surface area contributed by atoms with Crippen molar-refractivity contribution in [3.63, 3.8) is 0 Å². The van der Waals surface area contributed by atoms with E-state index in [4.69, 9.17) is 0 Å². The maximum absolute atomic E-state index is 11.7. The van der Waals surface area contributed by atoms with E-state index in [0.717, 1.165) is 5.56 Å². The highest BCUT2D eigenvalue weighted by Crippen LogP contribution is 2.19. The molecule has 1 rings (SSSR count). The molecule has 0 bridgehead atoms. The molecular weight excluding hydrogens is 254 g/mol. The average molecular weight is 273 g/mol. The Labute approximate surface area is 108 Å². The number of sulfonamides is 1. The number of hydrogen-bond donors (Lipinski definition) is 1. The van der Waals surface area contributed by atoms with Crippen LogP contribution in [0.25, 0.3) is 0 Å². The van der Waals surface area contributed by atoms with E-state index in [1.54, 1.807) is 25.6 Å². The van der Waals surface area contributed by atoms with Gasteiger partial charge in [0.1, 0.15) is 0 Å². The molecule has 0 aromatic heterocycles. The van der Waals surface area contributed by atoms with Gasteiger partial charge in [0, 0.05) is 10.9 Å². The van der Waals surface area contributed by atoms with E-state index < -0.39 is 15.3 Å². The Morgan fingerprint density at radius 3 is 2.06 bits per heavy atom. The van der Waals surface area contributed by atoms with Crippen LogP contribution in [0.4, 0.5) is 0 Å². The molecule has 17 heavy (non-hydrogen) atoms. The van der Waals surface area contributed by atoms with Crippen molar-refractivity contribution in [1.29, 1.82) is 0 Å². The van der Waals surface area contributed by atoms with E-state index in [9.17, 15) is 8.42 Å². The summed E-state index contributed by atoms with van der Waals surface area (Å²) in [5.74, 6) is 0. The highest BCUT2D eigenvalue weighted by molar-refractivity contribution is 7.98. The molecule has 0 heterocycles. The van der Waals surface area contributed by atoms with Crippen molar-refractivity contribution in [3.8, 4) is 0 Å². The molecule has 3 nitrogen and oxygen atoms in total. The van der Waals surface area contributed by atoms with Crippen molar-refractivity contribution in [1.82, 2.24) is 4.72 Å². The van der Waals surface area contributed by atoms with Crippen LogP contribution in [-0.4, -0.2) is 19.9 Å². The first-order valence-corrected chi connectivity index (χ1v) is 8.29. The van der Waals surface area contributed by atoms with Gasteiger partial charge in [-0.05, 0) is 44.7 Å². The predicted octanol–water partition coefficient (Wildman–Crippen LogP) is 2.80. The van der Waals surface area contributed by atoms with E-state index in [-0.39, 0.29) is 6.04 Å². The third-order valence-electron chi connectivity index (χ3n) is 2.58. The van der Waals surface area contributed by atoms with Crippen LogP contribution in [0.1, 0.15) is 32.4 Å². The van der Waals surface area contributed by atoms with Crippen LogP contribution in [-0.2, 0) is 10.0 Å². The quantitative estimate of drug-likeness (QED) is 0.839. The Balaban J connectivity index is 2.80. The fraction of sp³-hybridized carbons (Fsp3) is 0.500. The fourth-order valence-electron chi connectivity index (χ4n) is 1.34. The van der Waals surface area contributed by atoms with Gasteiger partial charge in [-0.1, -0.05) is 12.1 Å². The van der Waals surface area contributed by atoms with Gasteiger partial charge in [-0.15, -0.1) is 11.8 Å². The summed E-state index contributed by atoms with van der Waals surface area (Å²) in [6, 6.07) is 7.72. The van der Waals surface area contributed by atoms with Crippen molar-refractivity contribution in [3.05, 3.63) is 29.8 Å². The van der Waals surface area contributed by atoms with Crippen LogP contribution in [0.2, 0.25) is 0 Å². The first kappa shape index (κ1) is 14.5. The number of nitrogens with one attached hydrogen (secondary N) is 1. The minimum Gasteiger partial charge on any atom is -0.212 e. The standard InChI is InChI=1S/C12H19NO2S2/c1-9(2)17(14,15)13-10(3)11-5-7-12(16-4)8-6-11/h5-10,13H,1-4H3. The van der Waals surface area contributed by atoms with Crippen LogP contribution in [0.3, 0.4) is 0 Å². The zero-order chi connectivity index (χ0) is 13.1. The molecule has 0 saturated heterocycles. The lowest BCUT2D eigenvalue weighted by molar-refractivity contribution is 0.558. The molecule has 1 unspecified atom stereocenters. The molecule has 0 spiro atoms. The minimum atomic E-state index is -3.22. The average Bonchev–Trinajstić information content (AvgIpc) is 2.28. The molecular formula is C12H19NO2S2. The van der Waals surface area contributed by atoms with Gasteiger partial charge in [-0.2, -0.15) is 0 Å². The summed E-state index contributed by atoms with van der Waals surface area (Å²) in [4.78, 5) is 1.17. The van der Waals surface area contributed by atoms with E-state index in [1.807, 2.05) is 37.4 Å². The normalized spacial score (nSPS) is 13.9. The van der Waals surface area contributed by atoms with Crippen LogP contribution in [0.5, 0.6) is 0 Å². The summed E-state index contributed by atoms with van der Waals surface area (Å²) in [7, 11) is -3.22. The molecule has 1 aromatic rings. The lowest BCUT2D eigenvalue weighted by Crippen LogP contribution is -2.32. The zero-order valence-corrected chi connectivity index (χ0v) is 12.2. The van der Waals surface area contributed by atoms with Gasteiger partial charge < -0.3 is 0 Å². The van der Waals surface area contributed by atoms with Crippen molar-refractivity contribution >= 4 is 21.8 Å². The number of benzene rings is 1. The second kappa shape index (κ2) is 5.89. The number of thioether (sulfide) groups is 1. The molecule has 0 amide bonds. The maximum Gasteiger partial charge on any atom is 0.214 e. The van der Waals surface area contributed by atoms with E-state index in [1.165, 1.54) is 4.90 Å². The topological polar surface area (TPSA) is 46.2 Å². The van der Waals surface area contributed by atoms with Gasteiger partial charge in [-0.25, -0.2) is 13.1 Å². The third-order valence-corrected chi connectivity index (χ3v) is 5.24. The van der Waals surface area contributed by atoms with Crippen LogP contribution in [0.15, 0.2) is 29.2 Å². The lowest BCUT2D eigenvalue weighted by Gasteiger charge is -2.16. The first-order valence-electron chi connectivity index (χ1n) is 5.52. The van der Waals surface area contributed by atoms with Gasteiger partial charge >= 0.3 is 0 Å². The van der Waals surface area contributed by atoms with Crippen molar-refractivity contribution in [2.24, 2.45) is 0 Å². The summed E-state index contributed by atoms with van der Waals surface area (Å²) in [6.07, 6.45) is 2.01. The molecule has 1 aromatic carbocycles. The third kappa shape index (κ3) is 4.01. The predicted molar refractivity (Wildman–Crippen MR) is 73.8 cm³/mol. The smallest absolute Gasteiger partial charge is 0.212 e. The molecule has 0 fully saturated rings. The largest absolute Gasteiger partial charge is 0.214 e. The van der Waals surface area contributed by atoms with Crippen LogP contribution >= 0.6 is 11.8 Å². The summed E-state index contributed by atoms with van der Waals surface area (Å²) in [5.41, 5.74) is 0.979. The Kier molecular flexibility index (Phi) is 5.04. The van der Waals surface area contributed by atoms with Gasteiger partial charge in [0.25, 0.3) is 0 Å². The molecule has 96 valence electrons. The van der Waals surface area contributed by atoms with E-state index in [2.05, 4.69) is 4.72 Å². The summed E-state index contributed by atoms with van der Waals surface area (Å²) >= 11 is 1.67. The Morgan fingerprint density at radius 2 is 1.65 bits per heavy atom. The van der Waals surface area contributed by atoms with Gasteiger partial charge in [0.05, 0.1) is 5.25 Å². The van der Waals surface area contributed by atoms with Gasteiger partial charge in [-0.3, -0.25) is 0 Å². The SMILES string of the molecule is CSc1ccc(C(C)NS(=O)(=O)C(C)C)cc1. The van der Waals surface area contributed by atoms with Crippen LogP contribution < -0.4 is 4.72 Å². The van der Waals surface area contributed by atoms with Crippen molar-refractivity contribution in [2.75, 3.05) is 6.26 Å². The Morgan fingerprint density at radius 1 is 1.12 bits per heavy atom. The number of rotatable bonds is 5. The second-order valence-electron chi connectivity index (χ2n) is 4.21. The maximum atomic E-state index is 11.7. The van der Waals surface area contributed by atoms with E-state index in [0.29, 0.717) is 0 Å². The molecule has 0 aliphatic carbocycles. The Hall–Kier alpha value is -0.520. The molecule has 0 saturated carbocycles. The highest BCUT2D eigenvalue weighted by Gasteiger charge is 2.19. The van der Waals surface area contributed by atoms with Gasteiger partial charge in [0.2, 0.25) is 10.0 Å². The minimum absolute atomic E-state index is 0.196. The van der Waals surface area contributed by atoms with Crippen LogP contribution in [0, 0.1) is 0 Å².